The summed E-state index contributed by atoms with van der Waals surface area (Å²) < 4.78 is 22.9. The van der Waals surface area contributed by atoms with Crippen molar-refractivity contribution in [3.8, 4) is 0 Å². The molecular weight excluding hydrogens is 777 g/mol. The molecule has 0 bridgehead atoms. The van der Waals surface area contributed by atoms with E-state index in [2.05, 4.69) is 19.2 Å². The molecule has 13 nitrogen and oxygen atoms in total. The predicted octanol–water partition coefficient (Wildman–Crippen LogP) is 7.81. The third kappa shape index (κ3) is 27.7. The minimum atomic E-state index is -5.14. The molecule has 0 aromatic carbocycles. The fourth-order valence-corrected chi connectivity index (χ4v) is 8.68. The highest BCUT2D eigenvalue weighted by molar-refractivity contribution is 7.47. The van der Waals surface area contributed by atoms with Gasteiger partial charge >= 0.3 is 7.82 Å². The maximum Gasteiger partial charge on any atom is 0.472 e. The molecule has 1 saturated carbocycles. The molecule has 1 aliphatic rings. The molecule has 0 aliphatic heterocycles. The van der Waals surface area contributed by atoms with Crippen molar-refractivity contribution in [2.45, 2.75) is 261 Å². The smallest absolute Gasteiger partial charge is 0.393 e. The molecule has 14 heteroatoms. The van der Waals surface area contributed by atoms with Crippen LogP contribution in [-0.4, -0.2) is 108 Å². The van der Waals surface area contributed by atoms with Gasteiger partial charge in [0, 0.05) is 0 Å². The van der Waals surface area contributed by atoms with Gasteiger partial charge in [-0.3, -0.25) is 13.8 Å². The zero-order valence-corrected chi connectivity index (χ0v) is 37.8. The molecule has 1 amide bonds. The lowest BCUT2D eigenvalue weighted by Crippen LogP contribution is -2.64. The predicted molar refractivity (Wildman–Crippen MR) is 234 cm³/mol. The zero-order valence-electron chi connectivity index (χ0n) is 36.9. The monoisotopic (exact) mass is 866 g/mol. The van der Waals surface area contributed by atoms with E-state index in [-0.39, 0.29) is 6.42 Å². The molecule has 0 saturated heterocycles. The molecular formula is C45H88NO12P. The first kappa shape index (κ1) is 56.1. The van der Waals surface area contributed by atoms with Crippen LogP contribution in [0.5, 0.6) is 0 Å². The second-order valence-electron chi connectivity index (χ2n) is 17.2. The van der Waals surface area contributed by atoms with Crippen molar-refractivity contribution in [2.75, 3.05) is 6.61 Å². The van der Waals surface area contributed by atoms with Crippen molar-refractivity contribution in [3.05, 3.63) is 12.2 Å². The lowest BCUT2D eigenvalue weighted by molar-refractivity contribution is -0.220. The summed E-state index contributed by atoms with van der Waals surface area (Å²) in [7, 11) is -5.14. The number of hydrogen-bond donors (Lipinski definition) is 9. The fraction of sp³-hybridized carbons (Fsp3) is 0.933. The number of allylic oxidation sites excluding steroid dienone is 1. The van der Waals surface area contributed by atoms with Gasteiger partial charge in [-0.2, -0.15) is 0 Å². The van der Waals surface area contributed by atoms with E-state index < -0.39 is 75.2 Å². The molecule has 0 aromatic rings. The minimum Gasteiger partial charge on any atom is -0.393 e. The van der Waals surface area contributed by atoms with Crippen LogP contribution in [0.2, 0.25) is 0 Å². The van der Waals surface area contributed by atoms with Gasteiger partial charge < -0.3 is 46.0 Å². The van der Waals surface area contributed by atoms with E-state index in [1.54, 1.807) is 6.08 Å². The van der Waals surface area contributed by atoms with Crippen molar-refractivity contribution in [1.29, 1.82) is 0 Å². The highest BCUT2D eigenvalue weighted by Crippen LogP contribution is 2.47. The number of phosphoric acid groups is 1. The van der Waals surface area contributed by atoms with Crippen LogP contribution in [-0.2, 0) is 18.4 Å². The van der Waals surface area contributed by atoms with Gasteiger partial charge in [-0.05, 0) is 19.3 Å². The number of nitrogens with one attached hydrogen (secondary N) is 1. The van der Waals surface area contributed by atoms with Crippen LogP contribution < -0.4 is 5.32 Å². The summed E-state index contributed by atoms with van der Waals surface area (Å²) in [5.41, 5.74) is 0. The van der Waals surface area contributed by atoms with E-state index in [1.807, 2.05) is 0 Å². The molecule has 8 unspecified atom stereocenters. The summed E-state index contributed by atoms with van der Waals surface area (Å²) in [4.78, 5) is 23.4. The normalized spacial score (nSPS) is 23.6. The van der Waals surface area contributed by atoms with Crippen LogP contribution in [0.15, 0.2) is 12.2 Å². The van der Waals surface area contributed by atoms with Gasteiger partial charge in [-0.25, -0.2) is 4.57 Å². The van der Waals surface area contributed by atoms with Gasteiger partial charge in [0.15, 0.2) is 0 Å². The number of aliphatic hydroxyl groups excluding tert-OH is 7. The molecule has 1 aliphatic carbocycles. The quantitative estimate of drug-likeness (QED) is 0.0164. The van der Waals surface area contributed by atoms with Crippen LogP contribution in [0.25, 0.3) is 0 Å². The summed E-state index contributed by atoms with van der Waals surface area (Å²) in [5, 5.41) is 74.4. The van der Waals surface area contributed by atoms with Gasteiger partial charge in [-0.15, -0.1) is 0 Å². The summed E-state index contributed by atoms with van der Waals surface area (Å²) in [5.74, 6) is -0.590. The zero-order chi connectivity index (χ0) is 43.7. The Morgan fingerprint density at radius 2 is 0.966 bits per heavy atom. The SMILES string of the molecule is CCCCCCCCCCCCCCCC/C=C/C(O)C(COP(=O)(O)OC1C(O)C(O)C(O)C(O)C1O)NC(=O)CC(O)CCCCCCCCCCCCCCC. The summed E-state index contributed by atoms with van der Waals surface area (Å²) >= 11 is 0. The average molecular weight is 866 g/mol. The van der Waals surface area contributed by atoms with Crippen molar-refractivity contribution in [1.82, 2.24) is 5.32 Å². The second kappa shape index (κ2) is 35.5. The highest BCUT2D eigenvalue weighted by atomic mass is 31.2. The molecule has 1 rings (SSSR count). The van der Waals surface area contributed by atoms with Crippen molar-refractivity contribution in [2.24, 2.45) is 0 Å². The Morgan fingerprint density at radius 3 is 1.39 bits per heavy atom. The third-order valence-electron chi connectivity index (χ3n) is 11.6. The van der Waals surface area contributed by atoms with Gasteiger partial charge in [0.05, 0.1) is 31.3 Å². The Balaban J connectivity index is 2.55. The van der Waals surface area contributed by atoms with Gasteiger partial charge in [0.25, 0.3) is 0 Å². The molecule has 0 radical (unpaired) electrons. The standard InChI is InChI=1S/C45H88NO12P/c1-3-5-7-9-11-13-15-17-18-19-21-23-25-27-29-31-33-38(48)37(35-57-59(55,56)58-45-43(53)41(51)40(50)42(52)44(45)54)46-39(49)34-36(47)32-30-28-26-24-22-20-16-14-12-10-8-6-4-2/h31,33,36-38,40-45,47-48,50-54H,3-30,32,34-35H2,1-2H3,(H,46,49)(H,55,56)/b33-31+. The van der Waals surface area contributed by atoms with E-state index in [1.165, 1.54) is 134 Å². The Labute approximate surface area is 357 Å². The van der Waals surface area contributed by atoms with E-state index in [0.29, 0.717) is 12.8 Å². The molecule has 59 heavy (non-hydrogen) atoms. The van der Waals surface area contributed by atoms with E-state index in [0.717, 1.165) is 44.9 Å². The maximum atomic E-state index is 13.0. The Hall–Kier alpha value is -0.960. The number of aliphatic hydroxyl groups is 7. The molecule has 0 spiro atoms. The fourth-order valence-electron chi connectivity index (χ4n) is 7.71. The molecule has 8 atom stereocenters. The number of carbonyl (C=O) groups is 1. The van der Waals surface area contributed by atoms with Crippen LogP contribution in [0.3, 0.4) is 0 Å². The van der Waals surface area contributed by atoms with E-state index in [9.17, 15) is 50.0 Å². The highest BCUT2D eigenvalue weighted by Gasteiger charge is 2.51. The second-order valence-corrected chi connectivity index (χ2v) is 18.6. The number of phosphoric ester groups is 1. The van der Waals surface area contributed by atoms with Crippen LogP contribution in [0.1, 0.15) is 206 Å². The maximum absolute atomic E-state index is 13.0. The third-order valence-corrected chi connectivity index (χ3v) is 12.6. The Kier molecular flexibility index (Phi) is 33.7. The molecule has 9 N–H and O–H groups in total. The first-order chi connectivity index (χ1) is 28.3. The molecule has 0 heterocycles. The number of hydrogen-bond acceptors (Lipinski definition) is 11. The number of carbonyl (C=O) groups excluding carboxylic acids is 1. The first-order valence-electron chi connectivity index (χ1n) is 23.7. The topological polar surface area (TPSA) is 226 Å². The van der Waals surface area contributed by atoms with Gasteiger partial charge in [0.1, 0.15) is 36.6 Å². The Morgan fingerprint density at radius 1 is 0.593 bits per heavy atom. The summed E-state index contributed by atoms with van der Waals surface area (Å²) in [6.45, 7) is 3.74. The lowest BCUT2D eigenvalue weighted by Gasteiger charge is -2.41. The van der Waals surface area contributed by atoms with E-state index >= 15 is 0 Å². The molecule has 350 valence electrons. The van der Waals surface area contributed by atoms with Crippen molar-refractivity contribution in [3.63, 3.8) is 0 Å². The van der Waals surface area contributed by atoms with Crippen LogP contribution in [0, 0.1) is 0 Å². The lowest BCUT2D eigenvalue weighted by atomic mass is 9.85. The van der Waals surface area contributed by atoms with Crippen molar-refractivity contribution >= 4 is 13.7 Å². The molecule has 0 aromatic heterocycles. The van der Waals surface area contributed by atoms with Crippen molar-refractivity contribution < 1.29 is 59.0 Å². The Bertz CT molecular complexity index is 1070. The van der Waals surface area contributed by atoms with Crippen LogP contribution >= 0.6 is 7.82 Å². The number of rotatable bonds is 39. The van der Waals surface area contributed by atoms with Crippen LogP contribution in [0.4, 0.5) is 0 Å². The number of amides is 1. The summed E-state index contributed by atoms with van der Waals surface area (Å²) in [6, 6.07) is -1.23. The number of unbranched alkanes of at least 4 members (excludes halogenated alkanes) is 26. The minimum absolute atomic E-state index is 0.240. The first-order valence-corrected chi connectivity index (χ1v) is 25.2. The largest absolute Gasteiger partial charge is 0.472 e. The van der Waals surface area contributed by atoms with Gasteiger partial charge in [0.2, 0.25) is 5.91 Å². The van der Waals surface area contributed by atoms with E-state index in [4.69, 9.17) is 9.05 Å². The van der Waals surface area contributed by atoms with Gasteiger partial charge in [-0.1, -0.05) is 193 Å². The molecule has 1 fully saturated rings. The average Bonchev–Trinajstić information content (AvgIpc) is 3.21. The summed E-state index contributed by atoms with van der Waals surface area (Å²) in [6.07, 6.45) is 23.0.